The van der Waals surface area contributed by atoms with E-state index in [0.29, 0.717) is 19.6 Å². The summed E-state index contributed by atoms with van der Waals surface area (Å²) in [6.07, 6.45) is -1.37. The molecule has 2 N–H and O–H groups in total. The van der Waals surface area contributed by atoms with Crippen LogP contribution in [0, 0.1) is 0 Å². The molecule has 0 spiro atoms. The predicted octanol–water partition coefficient (Wildman–Crippen LogP) is 1.79. The molecule has 1 heterocycles. The predicted molar refractivity (Wildman–Crippen MR) is 76.6 cm³/mol. The molecule has 5 heteroatoms. The molecule has 110 valence electrons. The second-order valence-corrected chi connectivity index (χ2v) is 5.42. The van der Waals surface area contributed by atoms with Crippen molar-refractivity contribution in [2.75, 3.05) is 19.6 Å². The summed E-state index contributed by atoms with van der Waals surface area (Å²) in [6.45, 7) is 5.45. The lowest BCUT2D eigenvalue weighted by Gasteiger charge is -2.43. The van der Waals surface area contributed by atoms with Crippen LogP contribution in [-0.2, 0) is 0 Å². The number of nitrogens with zero attached hydrogens (tertiary/aromatic N) is 2. The van der Waals surface area contributed by atoms with Crippen LogP contribution in [0.25, 0.3) is 0 Å². The lowest BCUT2D eigenvalue weighted by atomic mass is 9.99. The van der Waals surface area contributed by atoms with Gasteiger partial charge < -0.3 is 15.1 Å². The molecule has 1 aromatic carbocycles. The van der Waals surface area contributed by atoms with Crippen molar-refractivity contribution in [2.24, 2.45) is 0 Å². The Balaban J connectivity index is 2.15. The van der Waals surface area contributed by atoms with Gasteiger partial charge in [-0.05, 0) is 19.4 Å². The third-order valence-corrected chi connectivity index (χ3v) is 3.90. The van der Waals surface area contributed by atoms with Crippen LogP contribution >= 0.6 is 0 Å². The van der Waals surface area contributed by atoms with Crippen LogP contribution in [0.2, 0.25) is 0 Å². The van der Waals surface area contributed by atoms with Crippen molar-refractivity contribution in [3.8, 4) is 0 Å². The van der Waals surface area contributed by atoms with E-state index in [-0.39, 0.29) is 12.1 Å². The van der Waals surface area contributed by atoms with Crippen LogP contribution in [0.1, 0.15) is 25.5 Å². The Morgan fingerprint density at radius 2 is 1.95 bits per heavy atom. The van der Waals surface area contributed by atoms with E-state index in [1.165, 1.54) is 4.90 Å². The van der Waals surface area contributed by atoms with Crippen molar-refractivity contribution in [2.45, 2.75) is 32.0 Å². The molecule has 0 radical (unpaired) electrons. The molecule has 0 aromatic heterocycles. The Labute approximate surface area is 119 Å². The van der Waals surface area contributed by atoms with Crippen LogP contribution in [0.3, 0.4) is 0 Å². The fourth-order valence-electron chi connectivity index (χ4n) is 2.97. The van der Waals surface area contributed by atoms with E-state index in [4.69, 9.17) is 5.11 Å². The molecule has 1 aliphatic heterocycles. The molecule has 2 rings (SSSR count). The van der Waals surface area contributed by atoms with Gasteiger partial charge in [-0.3, -0.25) is 4.90 Å². The molecular formula is C15H22N2O3. The largest absolute Gasteiger partial charge is 0.465 e. The molecule has 0 bridgehead atoms. The number of carboxylic acid groups (broad SMARTS) is 1. The molecule has 1 unspecified atom stereocenters. The molecular weight excluding hydrogens is 256 g/mol. The first kappa shape index (κ1) is 14.8. The maximum atomic E-state index is 11.1. The Morgan fingerprint density at radius 1 is 1.30 bits per heavy atom. The zero-order valence-corrected chi connectivity index (χ0v) is 11.9. The van der Waals surface area contributed by atoms with Gasteiger partial charge in [0.15, 0.2) is 0 Å². The van der Waals surface area contributed by atoms with Crippen molar-refractivity contribution >= 4 is 6.09 Å². The van der Waals surface area contributed by atoms with E-state index in [1.54, 1.807) is 6.92 Å². The molecule has 1 amide bonds. The normalized spacial score (nSPS) is 23.4. The van der Waals surface area contributed by atoms with Crippen molar-refractivity contribution < 1.29 is 15.0 Å². The number of amides is 1. The van der Waals surface area contributed by atoms with E-state index in [9.17, 15) is 9.90 Å². The summed E-state index contributed by atoms with van der Waals surface area (Å²) in [5.41, 5.74) is 1.07. The average Bonchev–Trinajstić information content (AvgIpc) is 2.39. The number of benzene rings is 1. The van der Waals surface area contributed by atoms with E-state index in [2.05, 4.69) is 4.90 Å². The van der Waals surface area contributed by atoms with Crippen LogP contribution in [-0.4, -0.2) is 57.9 Å². The Bertz CT molecular complexity index is 450. The molecule has 1 saturated heterocycles. The van der Waals surface area contributed by atoms with Crippen molar-refractivity contribution in [3.63, 3.8) is 0 Å². The third-order valence-electron chi connectivity index (χ3n) is 3.90. The first-order valence-electron chi connectivity index (χ1n) is 6.97. The minimum atomic E-state index is -0.870. The first-order chi connectivity index (χ1) is 9.50. The number of carbonyl (C=O) groups is 1. The molecule has 20 heavy (non-hydrogen) atoms. The van der Waals surface area contributed by atoms with Gasteiger partial charge in [-0.2, -0.15) is 0 Å². The lowest BCUT2D eigenvalue weighted by Crippen LogP contribution is -2.55. The summed E-state index contributed by atoms with van der Waals surface area (Å²) in [6, 6.07) is 9.73. The zero-order valence-electron chi connectivity index (χ0n) is 11.9. The van der Waals surface area contributed by atoms with E-state index < -0.39 is 12.2 Å². The number of hydrogen-bond acceptors (Lipinski definition) is 3. The van der Waals surface area contributed by atoms with Crippen LogP contribution in [0.15, 0.2) is 30.3 Å². The summed E-state index contributed by atoms with van der Waals surface area (Å²) in [5, 5.41) is 19.2. The summed E-state index contributed by atoms with van der Waals surface area (Å²) in [4.78, 5) is 14.7. The van der Waals surface area contributed by atoms with E-state index in [1.807, 2.05) is 37.3 Å². The van der Waals surface area contributed by atoms with Gasteiger partial charge >= 0.3 is 6.09 Å². The molecule has 1 fully saturated rings. The highest BCUT2D eigenvalue weighted by Crippen LogP contribution is 2.27. The fourth-order valence-corrected chi connectivity index (χ4v) is 2.97. The average molecular weight is 278 g/mol. The number of rotatable bonds is 3. The molecule has 0 aliphatic carbocycles. The van der Waals surface area contributed by atoms with Crippen LogP contribution < -0.4 is 0 Å². The van der Waals surface area contributed by atoms with Crippen LogP contribution in [0.4, 0.5) is 4.79 Å². The van der Waals surface area contributed by atoms with Gasteiger partial charge in [0.2, 0.25) is 0 Å². The highest BCUT2D eigenvalue weighted by Gasteiger charge is 2.33. The van der Waals surface area contributed by atoms with Gasteiger partial charge in [0.25, 0.3) is 0 Å². The van der Waals surface area contributed by atoms with Crippen molar-refractivity contribution in [3.05, 3.63) is 35.9 Å². The topological polar surface area (TPSA) is 64.0 Å². The SMILES string of the molecule is CC(O)[C@@H](c1ccccc1)N1CCN(C(=O)O)[C@H](C)C1. The maximum Gasteiger partial charge on any atom is 0.407 e. The Hall–Kier alpha value is -1.59. The minimum absolute atomic E-state index is 0.0637. The van der Waals surface area contributed by atoms with Crippen molar-refractivity contribution in [1.29, 1.82) is 0 Å². The molecule has 0 saturated carbocycles. The summed E-state index contributed by atoms with van der Waals surface area (Å²) in [7, 11) is 0. The number of aliphatic hydroxyl groups excluding tert-OH is 1. The fraction of sp³-hybridized carbons (Fsp3) is 0.533. The standard InChI is InChI=1S/C15H22N2O3/c1-11-10-16(8-9-17(11)15(19)20)14(12(2)18)13-6-4-3-5-7-13/h3-7,11-12,14,18H,8-10H2,1-2H3,(H,19,20)/t11-,12?,14+/m1/s1. The van der Waals surface area contributed by atoms with E-state index >= 15 is 0 Å². The van der Waals surface area contributed by atoms with Gasteiger partial charge in [-0.25, -0.2) is 4.79 Å². The third kappa shape index (κ3) is 3.11. The van der Waals surface area contributed by atoms with E-state index in [0.717, 1.165) is 5.56 Å². The molecule has 5 nitrogen and oxygen atoms in total. The zero-order chi connectivity index (χ0) is 14.7. The van der Waals surface area contributed by atoms with Gasteiger partial charge in [-0.15, -0.1) is 0 Å². The van der Waals surface area contributed by atoms with Gasteiger partial charge in [0, 0.05) is 25.7 Å². The molecule has 1 aromatic rings. The molecule has 1 aliphatic rings. The van der Waals surface area contributed by atoms with Gasteiger partial charge in [0.05, 0.1) is 12.1 Å². The van der Waals surface area contributed by atoms with Gasteiger partial charge in [0.1, 0.15) is 0 Å². The quantitative estimate of drug-likeness (QED) is 0.885. The monoisotopic (exact) mass is 278 g/mol. The first-order valence-corrected chi connectivity index (χ1v) is 6.97. The summed E-state index contributed by atoms with van der Waals surface area (Å²) in [5.74, 6) is 0. The van der Waals surface area contributed by atoms with Crippen molar-refractivity contribution in [1.82, 2.24) is 9.80 Å². The van der Waals surface area contributed by atoms with Crippen LogP contribution in [0.5, 0.6) is 0 Å². The Morgan fingerprint density at radius 3 is 2.45 bits per heavy atom. The number of piperazine rings is 1. The summed E-state index contributed by atoms with van der Waals surface area (Å²) < 4.78 is 0. The maximum absolute atomic E-state index is 11.1. The highest BCUT2D eigenvalue weighted by molar-refractivity contribution is 5.65. The highest BCUT2D eigenvalue weighted by atomic mass is 16.4. The second kappa shape index (κ2) is 6.24. The minimum Gasteiger partial charge on any atom is -0.465 e. The number of aliphatic hydroxyl groups is 1. The van der Waals surface area contributed by atoms with Gasteiger partial charge in [-0.1, -0.05) is 30.3 Å². The lowest BCUT2D eigenvalue weighted by molar-refractivity contribution is 0.00915. The number of hydrogen-bond donors (Lipinski definition) is 2. The molecule has 3 atom stereocenters. The smallest absolute Gasteiger partial charge is 0.407 e. The Kier molecular flexibility index (Phi) is 4.62. The summed E-state index contributed by atoms with van der Waals surface area (Å²) >= 11 is 0. The second-order valence-electron chi connectivity index (χ2n) is 5.42.